The average Bonchev–Trinajstić information content (AvgIpc) is 3.01. The summed E-state index contributed by atoms with van der Waals surface area (Å²) in [6.07, 6.45) is 4.05. The highest BCUT2D eigenvalue weighted by atomic mass is 16.5. The molecule has 1 N–H and O–H groups in total. The van der Waals surface area contributed by atoms with Crippen LogP contribution in [-0.2, 0) is 14.3 Å². The molecule has 1 aromatic heterocycles. The maximum Gasteiger partial charge on any atom is 0.295 e. The van der Waals surface area contributed by atoms with Gasteiger partial charge in [-0.05, 0) is 30.2 Å². The van der Waals surface area contributed by atoms with E-state index in [9.17, 15) is 14.7 Å². The molecule has 7 nitrogen and oxygen atoms in total. The van der Waals surface area contributed by atoms with E-state index >= 15 is 0 Å². The number of methoxy groups -OCH3 is 1. The number of rotatable bonds is 8. The Balaban J connectivity index is 2.08. The van der Waals surface area contributed by atoms with Crippen LogP contribution in [0.4, 0.5) is 0 Å². The minimum Gasteiger partial charge on any atom is -0.507 e. The van der Waals surface area contributed by atoms with Gasteiger partial charge < -0.3 is 19.5 Å². The molecule has 1 aliphatic rings. The molecule has 152 valence electrons. The van der Waals surface area contributed by atoms with Gasteiger partial charge in [-0.25, -0.2) is 0 Å². The zero-order valence-electron chi connectivity index (χ0n) is 16.5. The number of Topliss-reactive ketones (excluding diaryl/α,β-unsaturated/α-hetero) is 1. The smallest absolute Gasteiger partial charge is 0.295 e. The van der Waals surface area contributed by atoms with Gasteiger partial charge in [-0.3, -0.25) is 14.6 Å². The number of aromatic nitrogens is 1. The van der Waals surface area contributed by atoms with Gasteiger partial charge in [0.1, 0.15) is 11.5 Å². The summed E-state index contributed by atoms with van der Waals surface area (Å²) in [5.74, 6) is -1.05. The number of ether oxygens (including phenoxy) is 2. The Hall–Kier alpha value is -3.19. The van der Waals surface area contributed by atoms with Crippen LogP contribution in [0.15, 0.2) is 54.4 Å². The Kier molecular flexibility index (Phi) is 6.61. The molecule has 1 aliphatic heterocycles. The fourth-order valence-corrected chi connectivity index (χ4v) is 3.29. The Morgan fingerprint density at radius 1 is 1.21 bits per heavy atom. The Bertz CT molecular complexity index is 910. The average molecular weight is 396 g/mol. The van der Waals surface area contributed by atoms with Crippen LogP contribution in [0.2, 0.25) is 0 Å². The summed E-state index contributed by atoms with van der Waals surface area (Å²) < 4.78 is 10.7. The normalized spacial score (nSPS) is 18.3. The number of nitrogens with zero attached hydrogens (tertiary/aromatic N) is 2. The van der Waals surface area contributed by atoms with Gasteiger partial charge in [0.25, 0.3) is 11.7 Å². The minimum atomic E-state index is -0.737. The second kappa shape index (κ2) is 9.34. The molecule has 3 rings (SSSR count). The third-order valence-corrected chi connectivity index (χ3v) is 4.66. The number of carbonyl (C=O) groups excluding carboxylic acids is 2. The number of likely N-dealkylation sites (tertiary alicyclic amines) is 1. The monoisotopic (exact) mass is 396 g/mol. The number of amides is 1. The van der Waals surface area contributed by atoms with E-state index in [1.54, 1.807) is 48.8 Å². The van der Waals surface area contributed by atoms with Crippen LogP contribution in [0.25, 0.3) is 5.76 Å². The number of aliphatic hydroxyl groups is 1. The maximum atomic E-state index is 12.8. The summed E-state index contributed by atoms with van der Waals surface area (Å²) in [6, 6.07) is 9.62. The highest BCUT2D eigenvalue weighted by Gasteiger charge is 2.45. The summed E-state index contributed by atoms with van der Waals surface area (Å²) in [4.78, 5) is 31.0. The lowest BCUT2D eigenvalue weighted by Gasteiger charge is -2.24. The van der Waals surface area contributed by atoms with Gasteiger partial charge in [-0.1, -0.05) is 25.1 Å². The molecule has 1 fully saturated rings. The Labute approximate surface area is 169 Å². The van der Waals surface area contributed by atoms with Crippen molar-refractivity contribution in [2.45, 2.75) is 19.4 Å². The number of hydrogen-bond acceptors (Lipinski definition) is 6. The molecule has 0 saturated carbocycles. The van der Waals surface area contributed by atoms with Gasteiger partial charge in [-0.2, -0.15) is 0 Å². The largest absolute Gasteiger partial charge is 0.507 e. The minimum absolute atomic E-state index is 0.0340. The van der Waals surface area contributed by atoms with E-state index in [0.29, 0.717) is 23.5 Å². The van der Waals surface area contributed by atoms with Crippen LogP contribution in [0, 0.1) is 0 Å². The van der Waals surface area contributed by atoms with Crippen LogP contribution in [-0.4, -0.2) is 53.5 Å². The van der Waals surface area contributed by atoms with E-state index in [2.05, 4.69) is 4.98 Å². The highest BCUT2D eigenvalue weighted by molar-refractivity contribution is 6.46. The van der Waals surface area contributed by atoms with E-state index in [4.69, 9.17) is 9.47 Å². The molecule has 1 saturated heterocycles. The molecule has 0 spiro atoms. The van der Waals surface area contributed by atoms with E-state index < -0.39 is 17.7 Å². The third-order valence-electron chi connectivity index (χ3n) is 4.66. The van der Waals surface area contributed by atoms with Crippen LogP contribution in [0.5, 0.6) is 5.75 Å². The quantitative estimate of drug-likeness (QED) is 0.419. The predicted octanol–water partition coefficient (Wildman–Crippen LogP) is 2.94. The third kappa shape index (κ3) is 4.30. The molecule has 0 radical (unpaired) electrons. The molecule has 1 atom stereocenters. The zero-order valence-corrected chi connectivity index (χ0v) is 16.5. The van der Waals surface area contributed by atoms with Gasteiger partial charge in [0, 0.05) is 31.6 Å². The lowest BCUT2D eigenvalue weighted by Crippen LogP contribution is -2.32. The summed E-state index contributed by atoms with van der Waals surface area (Å²) in [6.45, 7) is 3.03. The van der Waals surface area contributed by atoms with Gasteiger partial charge >= 0.3 is 0 Å². The topological polar surface area (TPSA) is 89.0 Å². The van der Waals surface area contributed by atoms with Crippen molar-refractivity contribution in [1.29, 1.82) is 0 Å². The van der Waals surface area contributed by atoms with E-state index in [0.717, 1.165) is 6.42 Å². The molecular weight excluding hydrogens is 372 g/mol. The fourth-order valence-electron chi connectivity index (χ4n) is 3.29. The molecule has 0 aliphatic carbocycles. The Morgan fingerprint density at radius 2 is 2.03 bits per heavy atom. The van der Waals surface area contributed by atoms with Crippen molar-refractivity contribution >= 4 is 17.4 Å². The molecule has 29 heavy (non-hydrogen) atoms. The molecule has 7 heteroatoms. The zero-order chi connectivity index (χ0) is 20.8. The van der Waals surface area contributed by atoms with Crippen molar-refractivity contribution in [1.82, 2.24) is 9.88 Å². The van der Waals surface area contributed by atoms with E-state index in [1.165, 1.54) is 12.0 Å². The molecular formula is C22H24N2O5. The summed E-state index contributed by atoms with van der Waals surface area (Å²) >= 11 is 0. The predicted molar refractivity (Wildman–Crippen MR) is 107 cm³/mol. The first-order chi connectivity index (χ1) is 14.1. The van der Waals surface area contributed by atoms with Crippen LogP contribution < -0.4 is 4.74 Å². The molecule has 1 aromatic carbocycles. The van der Waals surface area contributed by atoms with Gasteiger partial charge in [0.2, 0.25) is 0 Å². The number of ketones is 1. The second-order valence-corrected chi connectivity index (χ2v) is 6.65. The maximum absolute atomic E-state index is 12.8. The summed E-state index contributed by atoms with van der Waals surface area (Å²) in [7, 11) is 1.53. The van der Waals surface area contributed by atoms with Crippen molar-refractivity contribution in [3.63, 3.8) is 0 Å². The SMILES string of the molecule is CCCOc1cccc(C(O)=C2C(=O)C(=O)N(CCOC)C2c2cccnc2)c1. The van der Waals surface area contributed by atoms with E-state index in [-0.39, 0.29) is 24.5 Å². The number of pyridine rings is 1. The van der Waals surface area contributed by atoms with Gasteiger partial charge in [0.15, 0.2) is 0 Å². The summed E-state index contributed by atoms with van der Waals surface area (Å²) in [5, 5.41) is 11.0. The summed E-state index contributed by atoms with van der Waals surface area (Å²) in [5.41, 5.74) is 1.09. The van der Waals surface area contributed by atoms with Gasteiger partial charge in [-0.15, -0.1) is 0 Å². The second-order valence-electron chi connectivity index (χ2n) is 6.65. The number of aliphatic hydroxyl groups excluding tert-OH is 1. The van der Waals surface area contributed by atoms with Crippen molar-refractivity contribution in [3.05, 3.63) is 65.5 Å². The first kappa shape index (κ1) is 20.5. The molecule has 1 amide bonds. The lowest BCUT2D eigenvalue weighted by atomic mass is 9.96. The van der Waals surface area contributed by atoms with E-state index in [1.807, 2.05) is 6.92 Å². The number of benzene rings is 1. The van der Waals surface area contributed by atoms with Crippen molar-refractivity contribution < 1.29 is 24.2 Å². The van der Waals surface area contributed by atoms with Crippen LogP contribution in [0.1, 0.15) is 30.5 Å². The molecule has 2 aromatic rings. The lowest BCUT2D eigenvalue weighted by molar-refractivity contribution is -0.140. The molecule has 0 bridgehead atoms. The van der Waals surface area contributed by atoms with Crippen molar-refractivity contribution in [3.8, 4) is 5.75 Å². The number of hydrogen-bond donors (Lipinski definition) is 1. The standard InChI is InChI=1S/C22H24N2O5/c1-3-11-29-17-8-4-6-15(13-17)20(25)18-19(16-7-5-9-23-14-16)24(10-12-28-2)22(27)21(18)26/h4-9,13-14,19,25H,3,10-12H2,1-2H3. The fraction of sp³-hybridized carbons (Fsp3) is 0.318. The van der Waals surface area contributed by atoms with Crippen molar-refractivity contribution in [2.75, 3.05) is 26.9 Å². The van der Waals surface area contributed by atoms with Crippen LogP contribution in [0.3, 0.4) is 0 Å². The van der Waals surface area contributed by atoms with Gasteiger partial charge in [0.05, 0.1) is 24.8 Å². The Morgan fingerprint density at radius 3 is 2.72 bits per heavy atom. The highest BCUT2D eigenvalue weighted by Crippen LogP contribution is 2.39. The molecule has 2 heterocycles. The van der Waals surface area contributed by atoms with Crippen molar-refractivity contribution in [2.24, 2.45) is 0 Å². The first-order valence-electron chi connectivity index (χ1n) is 9.49. The number of carbonyl (C=O) groups is 2. The van der Waals surface area contributed by atoms with Crippen LogP contribution >= 0.6 is 0 Å². The molecule has 1 unspecified atom stereocenters. The first-order valence-corrected chi connectivity index (χ1v) is 9.49.